The van der Waals surface area contributed by atoms with Crippen molar-refractivity contribution < 1.29 is 4.79 Å². The number of nitrogens with zero attached hydrogens (tertiary/aromatic N) is 2. The molecule has 4 nitrogen and oxygen atoms in total. The zero-order valence-corrected chi connectivity index (χ0v) is 13.2. The van der Waals surface area contributed by atoms with Gasteiger partial charge in [-0.1, -0.05) is 26.0 Å². The molecule has 1 amide bonds. The Hall–Kier alpha value is -2.28. The summed E-state index contributed by atoms with van der Waals surface area (Å²) in [5, 5.41) is 11.9. The molecule has 0 saturated carbocycles. The zero-order valence-electron chi connectivity index (χ0n) is 13.2. The fourth-order valence-corrected chi connectivity index (χ4v) is 1.88. The van der Waals surface area contributed by atoms with E-state index in [1.165, 1.54) is 5.56 Å². The van der Waals surface area contributed by atoms with Crippen LogP contribution < -0.4 is 5.32 Å². The molecule has 0 bridgehead atoms. The Morgan fingerprint density at radius 2 is 1.86 bits per heavy atom. The SMILES string of the molecule is CCN(/C=C(/C#N)C(=O)Nc1ccc(C(C)C)cc1)CC. The lowest BCUT2D eigenvalue weighted by Crippen LogP contribution is -2.20. The van der Waals surface area contributed by atoms with Crippen LogP contribution in [0.15, 0.2) is 36.0 Å². The van der Waals surface area contributed by atoms with Gasteiger partial charge in [0, 0.05) is 25.0 Å². The van der Waals surface area contributed by atoms with E-state index in [2.05, 4.69) is 19.2 Å². The Bertz CT molecular complexity index is 534. The lowest BCUT2D eigenvalue weighted by atomic mass is 10.0. The molecule has 21 heavy (non-hydrogen) atoms. The molecule has 0 aliphatic rings. The molecule has 0 saturated heterocycles. The van der Waals surface area contributed by atoms with Gasteiger partial charge in [-0.2, -0.15) is 5.26 Å². The van der Waals surface area contributed by atoms with Gasteiger partial charge in [0.25, 0.3) is 5.91 Å². The summed E-state index contributed by atoms with van der Waals surface area (Å²) >= 11 is 0. The van der Waals surface area contributed by atoms with Crippen LogP contribution >= 0.6 is 0 Å². The van der Waals surface area contributed by atoms with Crippen LogP contribution in [0, 0.1) is 11.3 Å². The van der Waals surface area contributed by atoms with E-state index < -0.39 is 0 Å². The van der Waals surface area contributed by atoms with Crippen LogP contribution in [-0.2, 0) is 4.79 Å². The molecule has 0 aromatic heterocycles. The van der Waals surface area contributed by atoms with Crippen LogP contribution in [0.4, 0.5) is 5.69 Å². The van der Waals surface area contributed by atoms with Gasteiger partial charge in [0.2, 0.25) is 0 Å². The minimum atomic E-state index is -0.373. The quantitative estimate of drug-likeness (QED) is 0.643. The van der Waals surface area contributed by atoms with Crippen molar-refractivity contribution in [3.8, 4) is 6.07 Å². The third-order valence-electron chi connectivity index (χ3n) is 3.32. The van der Waals surface area contributed by atoms with E-state index in [0.29, 0.717) is 11.6 Å². The van der Waals surface area contributed by atoms with Crippen LogP contribution in [0.3, 0.4) is 0 Å². The van der Waals surface area contributed by atoms with E-state index in [1.54, 1.807) is 6.20 Å². The zero-order chi connectivity index (χ0) is 15.8. The third kappa shape index (κ3) is 4.96. The third-order valence-corrected chi connectivity index (χ3v) is 3.32. The van der Waals surface area contributed by atoms with Gasteiger partial charge in [0.15, 0.2) is 0 Å². The molecule has 0 radical (unpaired) electrons. The van der Waals surface area contributed by atoms with E-state index in [-0.39, 0.29) is 11.5 Å². The van der Waals surface area contributed by atoms with Gasteiger partial charge in [-0.05, 0) is 37.5 Å². The Balaban J connectivity index is 2.81. The number of nitrogens with one attached hydrogen (secondary N) is 1. The first-order valence-electron chi connectivity index (χ1n) is 7.29. The van der Waals surface area contributed by atoms with Crippen LogP contribution in [-0.4, -0.2) is 23.9 Å². The van der Waals surface area contributed by atoms with Crippen LogP contribution in [0.1, 0.15) is 39.2 Å². The molecule has 0 spiro atoms. The number of anilines is 1. The van der Waals surface area contributed by atoms with Gasteiger partial charge in [-0.25, -0.2) is 0 Å². The summed E-state index contributed by atoms with van der Waals surface area (Å²) in [4.78, 5) is 14.0. The van der Waals surface area contributed by atoms with Gasteiger partial charge in [-0.3, -0.25) is 4.79 Å². The highest BCUT2D eigenvalue weighted by Crippen LogP contribution is 2.17. The van der Waals surface area contributed by atoms with Crippen molar-refractivity contribution in [3.63, 3.8) is 0 Å². The highest BCUT2D eigenvalue weighted by atomic mass is 16.1. The molecule has 1 rings (SSSR count). The predicted molar refractivity (Wildman–Crippen MR) is 85.8 cm³/mol. The van der Waals surface area contributed by atoms with E-state index in [0.717, 1.165) is 13.1 Å². The number of rotatable bonds is 6. The van der Waals surface area contributed by atoms with Crippen molar-refractivity contribution in [1.29, 1.82) is 5.26 Å². The normalized spacial score (nSPS) is 11.1. The standard InChI is InChI=1S/C17H23N3O/c1-5-20(6-2)12-15(11-18)17(21)19-16-9-7-14(8-10-16)13(3)4/h7-10,12-13H,5-6H2,1-4H3,(H,19,21)/b15-12-. The Kier molecular flexibility index (Phi) is 6.48. The summed E-state index contributed by atoms with van der Waals surface area (Å²) in [6.07, 6.45) is 1.61. The van der Waals surface area contributed by atoms with Crippen molar-refractivity contribution in [3.05, 3.63) is 41.6 Å². The molecule has 4 heteroatoms. The maximum Gasteiger partial charge on any atom is 0.267 e. The van der Waals surface area contributed by atoms with Gasteiger partial charge in [0.1, 0.15) is 11.6 Å². The molecular weight excluding hydrogens is 262 g/mol. The molecule has 0 unspecified atom stereocenters. The summed E-state index contributed by atoms with van der Waals surface area (Å²) in [6.45, 7) is 9.73. The fourth-order valence-electron chi connectivity index (χ4n) is 1.88. The summed E-state index contributed by atoms with van der Waals surface area (Å²) in [7, 11) is 0. The number of benzene rings is 1. The Morgan fingerprint density at radius 3 is 2.29 bits per heavy atom. The largest absolute Gasteiger partial charge is 0.377 e. The number of hydrogen-bond donors (Lipinski definition) is 1. The van der Waals surface area contributed by atoms with Crippen molar-refractivity contribution >= 4 is 11.6 Å². The molecule has 0 heterocycles. The predicted octanol–water partition coefficient (Wildman–Crippen LogP) is 3.50. The summed E-state index contributed by atoms with van der Waals surface area (Å²) in [5.41, 5.74) is 2.03. The molecule has 1 aromatic carbocycles. The number of amides is 1. The molecule has 0 aliphatic carbocycles. The second kappa shape index (κ2) is 8.11. The van der Waals surface area contributed by atoms with E-state index in [4.69, 9.17) is 5.26 Å². The number of nitriles is 1. The molecule has 1 N–H and O–H groups in total. The van der Waals surface area contributed by atoms with Crippen molar-refractivity contribution in [2.75, 3.05) is 18.4 Å². The number of carbonyl (C=O) groups excluding carboxylic acids is 1. The minimum absolute atomic E-state index is 0.117. The highest BCUT2D eigenvalue weighted by Gasteiger charge is 2.11. The van der Waals surface area contributed by atoms with Crippen LogP contribution in [0.5, 0.6) is 0 Å². The number of carbonyl (C=O) groups is 1. The van der Waals surface area contributed by atoms with Gasteiger partial charge in [-0.15, -0.1) is 0 Å². The van der Waals surface area contributed by atoms with Crippen molar-refractivity contribution in [2.45, 2.75) is 33.6 Å². The molecule has 0 fully saturated rings. The molecule has 1 aromatic rings. The van der Waals surface area contributed by atoms with E-state index >= 15 is 0 Å². The summed E-state index contributed by atoms with van der Waals surface area (Å²) < 4.78 is 0. The summed E-state index contributed by atoms with van der Waals surface area (Å²) in [6, 6.07) is 9.65. The van der Waals surface area contributed by atoms with Crippen molar-refractivity contribution in [1.82, 2.24) is 4.90 Å². The fraction of sp³-hybridized carbons (Fsp3) is 0.412. The first kappa shape index (κ1) is 16.8. The lowest BCUT2D eigenvalue weighted by Gasteiger charge is -2.15. The highest BCUT2D eigenvalue weighted by molar-refractivity contribution is 6.06. The topological polar surface area (TPSA) is 56.1 Å². The van der Waals surface area contributed by atoms with E-state index in [1.807, 2.05) is 49.1 Å². The molecule has 0 atom stereocenters. The van der Waals surface area contributed by atoms with Gasteiger partial charge < -0.3 is 10.2 Å². The molecule has 0 aliphatic heterocycles. The second-order valence-corrected chi connectivity index (χ2v) is 5.11. The Labute approximate surface area is 127 Å². The van der Waals surface area contributed by atoms with Gasteiger partial charge in [0.05, 0.1) is 0 Å². The lowest BCUT2D eigenvalue weighted by molar-refractivity contribution is -0.112. The smallest absolute Gasteiger partial charge is 0.267 e. The summed E-state index contributed by atoms with van der Waals surface area (Å²) in [5.74, 6) is 0.0775. The minimum Gasteiger partial charge on any atom is -0.377 e. The average Bonchev–Trinajstić information content (AvgIpc) is 2.49. The monoisotopic (exact) mass is 285 g/mol. The average molecular weight is 285 g/mol. The number of hydrogen-bond acceptors (Lipinski definition) is 3. The second-order valence-electron chi connectivity index (χ2n) is 5.11. The first-order valence-corrected chi connectivity index (χ1v) is 7.29. The van der Waals surface area contributed by atoms with Crippen molar-refractivity contribution in [2.24, 2.45) is 0 Å². The van der Waals surface area contributed by atoms with Gasteiger partial charge >= 0.3 is 0 Å². The van der Waals surface area contributed by atoms with Crippen LogP contribution in [0.2, 0.25) is 0 Å². The molecular formula is C17H23N3O. The first-order chi connectivity index (χ1) is 10.0. The van der Waals surface area contributed by atoms with Crippen LogP contribution in [0.25, 0.3) is 0 Å². The molecule has 112 valence electrons. The maximum absolute atomic E-state index is 12.1. The van der Waals surface area contributed by atoms with E-state index in [9.17, 15) is 4.79 Å². The Morgan fingerprint density at radius 1 is 1.29 bits per heavy atom. The maximum atomic E-state index is 12.1.